The number of rotatable bonds is 7. The van der Waals surface area contributed by atoms with Crippen molar-refractivity contribution in [2.24, 2.45) is 0 Å². The Balaban J connectivity index is 1.85. The lowest BCUT2D eigenvalue weighted by molar-refractivity contribution is -0.132. The number of ether oxygens (including phenoxy) is 1. The Hall–Kier alpha value is -2.41. The average molecular weight is 361 g/mol. The van der Waals surface area contributed by atoms with Crippen LogP contribution in [0, 0.1) is 0 Å². The van der Waals surface area contributed by atoms with Crippen LogP contribution in [0.25, 0.3) is 0 Å². The van der Waals surface area contributed by atoms with Crippen molar-refractivity contribution in [1.82, 2.24) is 9.88 Å². The molecular weight excluding hydrogens is 338 g/mol. The zero-order chi connectivity index (χ0) is 18.4. The van der Waals surface area contributed by atoms with Crippen molar-refractivity contribution in [1.29, 1.82) is 0 Å². The summed E-state index contributed by atoms with van der Waals surface area (Å²) in [5.41, 5.74) is 1.41. The Labute approximate surface area is 151 Å². The molecule has 0 unspecified atom stereocenters. The van der Waals surface area contributed by atoms with Gasteiger partial charge in [0.05, 0.1) is 30.8 Å². The smallest absolute Gasteiger partial charge is 0.243 e. The van der Waals surface area contributed by atoms with Gasteiger partial charge in [0.15, 0.2) is 0 Å². The lowest BCUT2D eigenvalue weighted by Crippen LogP contribution is -2.35. The first-order chi connectivity index (χ1) is 11.9. The molecule has 2 aromatic rings. The first-order valence-electron chi connectivity index (χ1n) is 8.01. The maximum Gasteiger partial charge on any atom is 0.243 e. The first kappa shape index (κ1) is 18.9. The highest BCUT2D eigenvalue weighted by atomic mass is 32.1. The molecule has 0 saturated heterocycles. The lowest BCUT2D eigenvalue weighted by atomic mass is 10.2. The zero-order valence-corrected chi connectivity index (χ0v) is 15.7. The van der Waals surface area contributed by atoms with Gasteiger partial charge in [-0.3, -0.25) is 9.59 Å². The summed E-state index contributed by atoms with van der Waals surface area (Å²) < 4.78 is 5.07. The number of likely N-dealkylation sites (N-methyl/N-ethyl adjacent to an activating group) is 1. The second-order valence-electron chi connectivity index (χ2n) is 6.04. The van der Waals surface area contributed by atoms with E-state index in [2.05, 4.69) is 24.1 Å². The van der Waals surface area contributed by atoms with E-state index in [-0.39, 0.29) is 24.8 Å². The summed E-state index contributed by atoms with van der Waals surface area (Å²) in [5.74, 6) is 0.684. The van der Waals surface area contributed by atoms with E-state index < -0.39 is 0 Å². The highest BCUT2D eigenvalue weighted by Crippen LogP contribution is 2.19. The summed E-state index contributed by atoms with van der Waals surface area (Å²) in [4.78, 5) is 30.2. The number of aromatic nitrogens is 1. The topological polar surface area (TPSA) is 71.5 Å². The largest absolute Gasteiger partial charge is 0.497 e. The van der Waals surface area contributed by atoms with Gasteiger partial charge < -0.3 is 15.0 Å². The minimum absolute atomic E-state index is 0.00790. The summed E-state index contributed by atoms with van der Waals surface area (Å²) in [6.07, 6.45) is 0.204. The summed E-state index contributed by atoms with van der Waals surface area (Å²) in [5, 5.41) is 5.68. The Bertz CT molecular complexity index is 725. The third-order valence-corrected chi connectivity index (χ3v) is 4.77. The Kier molecular flexibility index (Phi) is 6.52. The lowest BCUT2D eigenvalue weighted by Gasteiger charge is -2.16. The van der Waals surface area contributed by atoms with Crippen molar-refractivity contribution in [3.05, 3.63) is 40.3 Å². The minimum Gasteiger partial charge on any atom is -0.497 e. The van der Waals surface area contributed by atoms with Crippen LogP contribution in [0.3, 0.4) is 0 Å². The summed E-state index contributed by atoms with van der Waals surface area (Å²) in [6.45, 7) is 4.13. The summed E-state index contributed by atoms with van der Waals surface area (Å²) in [6, 6.07) is 7.03. The van der Waals surface area contributed by atoms with Crippen LogP contribution in [0.5, 0.6) is 5.75 Å². The molecule has 0 aliphatic rings. The molecule has 0 fully saturated rings. The predicted octanol–water partition coefficient (Wildman–Crippen LogP) is 2.91. The molecule has 0 spiro atoms. The van der Waals surface area contributed by atoms with E-state index in [9.17, 15) is 9.59 Å². The Morgan fingerprint density at radius 3 is 2.52 bits per heavy atom. The van der Waals surface area contributed by atoms with Gasteiger partial charge in [-0.25, -0.2) is 4.98 Å². The van der Waals surface area contributed by atoms with Crippen LogP contribution in [0.2, 0.25) is 0 Å². The van der Waals surface area contributed by atoms with E-state index >= 15 is 0 Å². The van der Waals surface area contributed by atoms with Crippen LogP contribution in [0.4, 0.5) is 5.69 Å². The highest BCUT2D eigenvalue weighted by Gasteiger charge is 2.16. The van der Waals surface area contributed by atoms with Gasteiger partial charge in [-0.05, 0) is 24.3 Å². The monoisotopic (exact) mass is 361 g/mol. The van der Waals surface area contributed by atoms with Crippen molar-refractivity contribution in [2.45, 2.75) is 26.2 Å². The number of amides is 2. The molecule has 0 aliphatic heterocycles. The molecule has 0 atom stereocenters. The third-order valence-electron chi connectivity index (χ3n) is 3.58. The van der Waals surface area contributed by atoms with Crippen molar-refractivity contribution in [2.75, 3.05) is 26.0 Å². The molecule has 0 radical (unpaired) electrons. The molecule has 134 valence electrons. The van der Waals surface area contributed by atoms with E-state index in [0.29, 0.717) is 17.4 Å². The van der Waals surface area contributed by atoms with Crippen LogP contribution < -0.4 is 10.1 Å². The third kappa shape index (κ3) is 5.56. The number of benzene rings is 1. The number of nitrogens with one attached hydrogen (secondary N) is 1. The Morgan fingerprint density at radius 1 is 1.28 bits per heavy atom. The van der Waals surface area contributed by atoms with E-state index in [0.717, 1.165) is 10.7 Å². The van der Waals surface area contributed by atoms with E-state index in [1.54, 1.807) is 49.8 Å². The van der Waals surface area contributed by atoms with Gasteiger partial charge in [-0.2, -0.15) is 0 Å². The van der Waals surface area contributed by atoms with Crippen LogP contribution >= 0.6 is 11.3 Å². The standard InChI is InChI=1S/C18H23N3O3S/c1-12(2)18-20-14(11-25-18)9-17(23)21(3)10-16(22)19-13-5-7-15(24-4)8-6-13/h5-8,11-12H,9-10H2,1-4H3,(H,19,22). The maximum atomic E-state index is 12.3. The van der Waals surface area contributed by atoms with Crippen molar-refractivity contribution < 1.29 is 14.3 Å². The fourth-order valence-corrected chi connectivity index (χ4v) is 2.97. The molecule has 7 heteroatoms. The van der Waals surface area contributed by atoms with E-state index in [1.807, 2.05) is 5.38 Å². The normalized spacial score (nSPS) is 10.6. The molecule has 6 nitrogen and oxygen atoms in total. The molecule has 0 bridgehead atoms. The molecule has 25 heavy (non-hydrogen) atoms. The number of nitrogens with zero attached hydrogens (tertiary/aromatic N) is 2. The van der Waals surface area contributed by atoms with Crippen molar-refractivity contribution >= 4 is 28.8 Å². The Morgan fingerprint density at radius 2 is 1.96 bits per heavy atom. The molecule has 1 aromatic carbocycles. The second-order valence-corrected chi connectivity index (χ2v) is 6.92. The van der Waals surface area contributed by atoms with E-state index in [1.165, 1.54) is 4.90 Å². The number of thiazole rings is 1. The number of hydrogen-bond acceptors (Lipinski definition) is 5. The van der Waals surface area contributed by atoms with Gasteiger partial charge >= 0.3 is 0 Å². The van der Waals surface area contributed by atoms with Gasteiger partial charge in [0.2, 0.25) is 11.8 Å². The van der Waals surface area contributed by atoms with Gasteiger partial charge in [-0.15, -0.1) is 11.3 Å². The minimum atomic E-state index is -0.248. The zero-order valence-electron chi connectivity index (χ0n) is 14.9. The number of hydrogen-bond donors (Lipinski definition) is 1. The quantitative estimate of drug-likeness (QED) is 0.823. The fraction of sp³-hybridized carbons (Fsp3) is 0.389. The molecule has 2 rings (SSSR count). The molecule has 2 amide bonds. The average Bonchev–Trinajstić information content (AvgIpc) is 3.04. The summed E-state index contributed by atoms with van der Waals surface area (Å²) in [7, 11) is 3.20. The SMILES string of the molecule is COc1ccc(NC(=O)CN(C)C(=O)Cc2csc(C(C)C)n2)cc1. The van der Waals surface area contributed by atoms with Crippen molar-refractivity contribution in [3.63, 3.8) is 0 Å². The maximum absolute atomic E-state index is 12.3. The van der Waals surface area contributed by atoms with Gasteiger partial charge in [0.1, 0.15) is 5.75 Å². The van der Waals surface area contributed by atoms with Gasteiger partial charge in [0, 0.05) is 24.0 Å². The summed E-state index contributed by atoms with van der Waals surface area (Å²) >= 11 is 1.56. The fourth-order valence-electron chi connectivity index (χ4n) is 2.14. The highest BCUT2D eigenvalue weighted by molar-refractivity contribution is 7.09. The molecule has 1 aromatic heterocycles. The number of carbonyl (C=O) groups excluding carboxylic acids is 2. The molecule has 0 saturated carbocycles. The predicted molar refractivity (Wildman–Crippen MR) is 99.2 cm³/mol. The molecule has 1 N–H and O–H groups in total. The van der Waals surface area contributed by atoms with E-state index in [4.69, 9.17) is 4.74 Å². The molecule has 0 aliphatic carbocycles. The van der Waals surface area contributed by atoms with Gasteiger partial charge in [-0.1, -0.05) is 13.8 Å². The number of methoxy groups -OCH3 is 1. The van der Waals surface area contributed by atoms with Crippen LogP contribution in [-0.2, 0) is 16.0 Å². The first-order valence-corrected chi connectivity index (χ1v) is 8.89. The van der Waals surface area contributed by atoms with Crippen LogP contribution in [-0.4, -0.2) is 42.4 Å². The molecular formula is C18H23N3O3S. The van der Waals surface area contributed by atoms with Crippen LogP contribution in [0.15, 0.2) is 29.6 Å². The number of anilines is 1. The number of carbonyl (C=O) groups is 2. The second kappa shape index (κ2) is 8.62. The molecule has 1 heterocycles. The van der Waals surface area contributed by atoms with Crippen LogP contribution in [0.1, 0.15) is 30.5 Å². The van der Waals surface area contributed by atoms with Crippen molar-refractivity contribution in [3.8, 4) is 5.75 Å². The van der Waals surface area contributed by atoms with Gasteiger partial charge in [0.25, 0.3) is 0 Å².